The summed E-state index contributed by atoms with van der Waals surface area (Å²) in [6.07, 6.45) is -0.133. The van der Waals surface area contributed by atoms with Crippen molar-refractivity contribution in [2.24, 2.45) is 10.8 Å². The first-order valence-corrected chi connectivity index (χ1v) is 9.53. The molecular formula is C22H24ClN3O2. The van der Waals surface area contributed by atoms with Crippen LogP contribution in [0.4, 0.5) is 10.5 Å². The summed E-state index contributed by atoms with van der Waals surface area (Å²) in [6, 6.07) is 16.1. The first kappa shape index (κ1) is 20.0. The number of hydrogen-bond donors (Lipinski definition) is 2. The van der Waals surface area contributed by atoms with Crippen LogP contribution in [0.15, 0.2) is 48.5 Å². The van der Waals surface area contributed by atoms with Gasteiger partial charge < -0.3 is 15.4 Å². The van der Waals surface area contributed by atoms with Gasteiger partial charge in [-0.1, -0.05) is 57.5 Å². The van der Waals surface area contributed by atoms with Gasteiger partial charge in [0.05, 0.1) is 10.6 Å². The Hall–Kier alpha value is -2.71. The highest BCUT2D eigenvalue weighted by Crippen LogP contribution is 2.55. The molecule has 1 aliphatic carbocycles. The number of ether oxygens (including phenoxy) is 1. The van der Waals surface area contributed by atoms with Crippen LogP contribution in [0.3, 0.4) is 0 Å². The molecule has 0 aromatic heterocycles. The van der Waals surface area contributed by atoms with E-state index in [4.69, 9.17) is 21.6 Å². The Labute approximate surface area is 170 Å². The maximum atomic E-state index is 12.5. The van der Waals surface area contributed by atoms with Crippen molar-refractivity contribution in [1.82, 2.24) is 5.32 Å². The third kappa shape index (κ3) is 3.65. The lowest BCUT2D eigenvalue weighted by Crippen LogP contribution is -2.75. The van der Waals surface area contributed by atoms with E-state index in [-0.39, 0.29) is 29.0 Å². The fourth-order valence-corrected chi connectivity index (χ4v) is 4.63. The second kappa shape index (κ2) is 7.37. The van der Waals surface area contributed by atoms with E-state index in [2.05, 4.69) is 38.3 Å². The summed E-state index contributed by atoms with van der Waals surface area (Å²) in [5.74, 6) is 0.613. The molecule has 0 bridgehead atoms. The van der Waals surface area contributed by atoms with Crippen molar-refractivity contribution in [3.05, 3.63) is 59.1 Å². The molecule has 0 heterocycles. The molecule has 6 heteroatoms. The molecular weight excluding hydrogens is 374 g/mol. The van der Waals surface area contributed by atoms with Crippen LogP contribution in [-0.2, 0) is 0 Å². The predicted octanol–water partition coefficient (Wildman–Crippen LogP) is 5.22. The summed E-state index contributed by atoms with van der Waals surface area (Å²) in [7, 11) is 0. The molecule has 2 aromatic carbocycles. The number of halogens is 1. The lowest BCUT2D eigenvalue weighted by atomic mass is 9.49. The molecule has 0 unspecified atom stereocenters. The van der Waals surface area contributed by atoms with Gasteiger partial charge in [0.1, 0.15) is 17.9 Å². The molecule has 1 saturated carbocycles. The van der Waals surface area contributed by atoms with Gasteiger partial charge in [0.2, 0.25) is 0 Å². The van der Waals surface area contributed by atoms with E-state index in [9.17, 15) is 4.79 Å². The molecule has 5 nitrogen and oxygen atoms in total. The zero-order valence-electron chi connectivity index (χ0n) is 16.4. The minimum Gasteiger partial charge on any atom is -0.489 e. The summed E-state index contributed by atoms with van der Waals surface area (Å²) < 4.78 is 6.23. The lowest BCUT2D eigenvalue weighted by molar-refractivity contribution is -0.163. The first-order chi connectivity index (χ1) is 13.2. The number of urea groups is 1. The molecule has 1 aliphatic rings. The van der Waals surface area contributed by atoms with Crippen molar-refractivity contribution in [1.29, 1.82) is 5.26 Å². The Morgan fingerprint density at radius 3 is 2.32 bits per heavy atom. The van der Waals surface area contributed by atoms with Crippen LogP contribution in [0.5, 0.6) is 5.75 Å². The molecule has 0 saturated heterocycles. The van der Waals surface area contributed by atoms with Gasteiger partial charge >= 0.3 is 6.03 Å². The second-order valence-corrected chi connectivity index (χ2v) is 8.70. The number of carbonyl (C=O) groups excluding carboxylic acids is 1. The summed E-state index contributed by atoms with van der Waals surface area (Å²) in [4.78, 5) is 12.5. The van der Waals surface area contributed by atoms with Crippen LogP contribution in [0.2, 0.25) is 5.02 Å². The number of amides is 2. The standard InChI is InChI=1S/C22H24ClN3O2/c1-21(2)18(26-20(27)25-15-8-6-5-7-9-15)22(3,4)19(21)28-16-11-10-14(13-24)17(23)12-16/h5-12,18-19H,1-4H3,(H2,25,26,27)/t18-,19-. The second-order valence-electron chi connectivity index (χ2n) is 8.29. The van der Waals surface area contributed by atoms with Crippen molar-refractivity contribution in [2.45, 2.75) is 39.8 Å². The monoisotopic (exact) mass is 397 g/mol. The maximum absolute atomic E-state index is 12.5. The van der Waals surface area contributed by atoms with Gasteiger partial charge in [-0.05, 0) is 24.3 Å². The number of nitrogens with one attached hydrogen (secondary N) is 2. The molecule has 28 heavy (non-hydrogen) atoms. The third-order valence-electron chi connectivity index (χ3n) is 5.46. The van der Waals surface area contributed by atoms with Gasteiger partial charge in [-0.25, -0.2) is 4.79 Å². The Bertz CT molecular complexity index is 903. The van der Waals surface area contributed by atoms with Crippen LogP contribution in [0.1, 0.15) is 33.3 Å². The zero-order valence-corrected chi connectivity index (χ0v) is 17.2. The highest BCUT2D eigenvalue weighted by atomic mass is 35.5. The molecule has 0 spiro atoms. The summed E-state index contributed by atoms with van der Waals surface area (Å²) >= 11 is 6.12. The van der Waals surface area contributed by atoms with E-state index in [1.165, 1.54) is 0 Å². The van der Waals surface area contributed by atoms with Gasteiger partial charge in [0, 0.05) is 28.6 Å². The van der Waals surface area contributed by atoms with E-state index in [0.29, 0.717) is 16.3 Å². The molecule has 1 fully saturated rings. The fraction of sp³-hybridized carbons (Fsp3) is 0.364. The molecule has 0 radical (unpaired) electrons. The molecule has 0 atom stereocenters. The maximum Gasteiger partial charge on any atom is 0.319 e. The first-order valence-electron chi connectivity index (χ1n) is 9.15. The topological polar surface area (TPSA) is 74.2 Å². The fourth-order valence-electron chi connectivity index (χ4n) is 4.42. The average Bonchev–Trinajstić information content (AvgIpc) is 2.65. The van der Waals surface area contributed by atoms with Gasteiger partial charge in [-0.2, -0.15) is 5.26 Å². The van der Waals surface area contributed by atoms with E-state index >= 15 is 0 Å². The molecule has 0 aliphatic heterocycles. The Morgan fingerprint density at radius 2 is 1.75 bits per heavy atom. The summed E-state index contributed by atoms with van der Waals surface area (Å²) in [6.45, 7) is 8.28. The highest BCUT2D eigenvalue weighted by Gasteiger charge is 2.64. The quantitative estimate of drug-likeness (QED) is 0.743. The smallest absolute Gasteiger partial charge is 0.319 e. The van der Waals surface area contributed by atoms with Gasteiger partial charge in [0.15, 0.2) is 0 Å². The van der Waals surface area contributed by atoms with E-state index in [0.717, 1.165) is 5.69 Å². The molecule has 2 aromatic rings. The van der Waals surface area contributed by atoms with Gasteiger partial charge in [0.25, 0.3) is 0 Å². The summed E-state index contributed by atoms with van der Waals surface area (Å²) in [5, 5.41) is 15.3. The Balaban J connectivity index is 1.70. The van der Waals surface area contributed by atoms with Gasteiger partial charge in [-0.3, -0.25) is 0 Å². The number of carbonyl (C=O) groups is 1. The van der Waals surface area contributed by atoms with E-state index in [1.54, 1.807) is 18.2 Å². The Morgan fingerprint density at radius 1 is 1.11 bits per heavy atom. The van der Waals surface area contributed by atoms with Crippen molar-refractivity contribution >= 4 is 23.3 Å². The lowest BCUT2D eigenvalue weighted by Gasteiger charge is -2.63. The van der Waals surface area contributed by atoms with Crippen molar-refractivity contribution in [2.75, 3.05) is 5.32 Å². The normalized spacial score (nSPS) is 21.7. The van der Waals surface area contributed by atoms with Crippen molar-refractivity contribution < 1.29 is 9.53 Å². The van der Waals surface area contributed by atoms with Crippen LogP contribution in [0, 0.1) is 22.2 Å². The van der Waals surface area contributed by atoms with E-state index in [1.807, 2.05) is 36.4 Å². The van der Waals surface area contributed by atoms with Crippen LogP contribution < -0.4 is 15.4 Å². The van der Waals surface area contributed by atoms with Crippen LogP contribution >= 0.6 is 11.6 Å². The molecule has 3 rings (SSSR count). The molecule has 146 valence electrons. The minimum absolute atomic E-state index is 0.0810. The predicted molar refractivity (Wildman–Crippen MR) is 111 cm³/mol. The largest absolute Gasteiger partial charge is 0.489 e. The molecule has 2 amide bonds. The van der Waals surface area contributed by atoms with Crippen molar-refractivity contribution in [3.63, 3.8) is 0 Å². The number of nitrogens with zero attached hydrogens (tertiary/aromatic N) is 1. The van der Waals surface area contributed by atoms with Crippen LogP contribution in [-0.4, -0.2) is 18.2 Å². The third-order valence-corrected chi connectivity index (χ3v) is 5.77. The van der Waals surface area contributed by atoms with Crippen LogP contribution in [0.25, 0.3) is 0 Å². The number of nitriles is 1. The molecule has 2 N–H and O–H groups in total. The SMILES string of the molecule is CC1(C)[C@H](NC(=O)Nc2ccccc2)C(C)(C)[C@H]1Oc1ccc(C#N)c(Cl)c1. The number of rotatable bonds is 4. The Kier molecular flexibility index (Phi) is 5.27. The average molecular weight is 398 g/mol. The summed E-state index contributed by atoms with van der Waals surface area (Å²) in [5.41, 5.74) is 0.573. The van der Waals surface area contributed by atoms with Crippen molar-refractivity contribution in [3.8, 4) is 11.8 Å². The zero-order chi connectivity index (χ0) is 20.5. The highest BCUT2D eigenvalue weighted by molar-refractivity contribution is 6.31. The van der Waals surface area contributed by atoms with E-state index < -0.39 is 0 Å². The number of para-hydroxylation sites is 1. The number of hydrogen-bond acceptors (Lipinski definition) is 3. The number of benzene rings is 2. The van der Waals surface area contributed by atoms with Gasteiger partial charge in [-0.15, -0.1) is 0 Å². The number of anilines is 1. The minimum atomic E-state index is -0.294.